The van der Waals surface area contributed by atoms with Gasteiger partial charge in [0.2, 0.25) is 0 Å². The van der Waals surface area contributed by atoms with Crippen LogP contribution in [0.1, 0.15) is 28.3 Å². The van der Waals surface area contributed by atoms with E-state index in [9.17, 15) is 0 Å². The molecule has 2 rings (SSSR count). The molecule has 0 aliphatic carbocycles. The fourth-order valence-electron chi connectivity index (χ4n) is 1.93. The Hall–Kier alpha value is -1.55. The molecule has 2 heterocycles. The summed E-state index contributed by atoms with van der Waals surface area (Å²) in [6.07, 6.45) is 1.74. The number of rotatable bonds is 4. The van der Waals surface area contributed by atoms with Gasteiger partial charge < -0.3 is 9.73 Å². The van der Waals surface area contributed by atoms with Crippen LogP contribution in [0.2, 0.25) is 0 Å². The Bertz CT molecular complexity index is 511. The summed E-state index contributed by atoms with van der Waals surface area (Å²) in [7, 11) is 1.93. The lowest BCUT2D eigenvalue weighted by Gasteiger charge is -2.05. The molecular weight excluding hydrogens is 214 g/mol. The minimum absolute atomic E-state index is 0.699. The molecule has 0 bridgehead atoms. The molecule has 0 spiro atoms. The number of aromatic nitrogens is 2. The molecule has 0 fully saturated rings. The molecule has 4 heteroatoms. The van der Waals surface area contributed by atoms with E-state index in [4.69, 9.17) is 4.42 Å². The summed E-state index contributed by atoms with van der Waals surface area (Å²) < 4.78 is 7.53. The summed E-state index contributed by atoms with van der Waals surface area (Å²) in [4.78, 5) is 0. The zero-order chi connectivity index (χ0) is 12.4. The van der Waals surface area contributed by atoms with Crippen LogP contribution in [0.25, 0.3) is 0 Å². The van der Waals surface area contributed by atoms with Crippen molar-refractivity contribution in [2.75, 3.05) is 7.05 Å². The van der Waals surface area contributed by atoms with E-state index in [-0.39, 0.29) is 0 Å². The zero-order valence-corrected chi connectivity index (χ0v) is 10.9. The first kappa shape index (κ1) is 11.9. The van der Waals surface area contributed by atoms with Crippen molar-refractivity contribution in [3.63, 3.8) is 0 Å². The molecule has 0 atom stereocenters. The van der Waals surface area contributed by atoms with Crippen LogP contribution in [0, 0.1) is 20.8 Å². The van der Waals surface area contributed by atoms with Crippen LogP contribution < -0.4 is 5.32 Å². The van der Waals surface area contributed by atoms with E-state index in [2.05, 4.69) is 24.3 Å². The molecule has 0 aliphatic heterocycles. The molecule has 2 aromatic rings. The van der Waals surface area contributed by atoms with Crippen molar-refractivity contribution in [2.45, 2.75) is 33.9 Å². The second-order valence-electron chi connectivity index (χ2n) is 4.35. The smallest absolute Gasteiger partial charge is 0.129 e. The highest BCUT2D eigenvalue weighted by Gasteiger charge is 2.11. The van der Waals surface area contributed by atoms with Crippen molar-refractivity contribution in [1.82, 2.24) is 15.1 Å². The summed E-state index contributed by atoms with van der Waals surface area (Å²) in [6.45, 7) is 7.75. The second-order valence-corrected chi connectivity index (χ2v) is 4.35. The highest BCUT2D eigenvalue weighted by molar-refractivity contribution is 5.24. The van der Waals surface area contributed by atoms with Gasteiger partial charge in [0.05, 0.1) is 18.5 Å². The first-order chi connectivity index (χ1) is 8.13. The van der Waals surface area contributed by atoms with E-state index in [1.807, 2.05) is 24.7 Å². The first-order valence-electron chi connectivity index (χ1n) is 5.84. The van der Waals surface area contributed by atoms with Crippen LogP contribution in [0.3, 0.4) is 0 Å². The van der Waals surface area contributed by atoms with E-state index in [1.165, 1.54) is 16.8 Å². The first-order valence-corrected chi connectivity index (χ1v) is 5.84. The Kier molecular flexibility index (Phi) is 3.33. The molecular formula is C13H19N3O. The Morgan fingerprint density at radius 2 is 2.12 bits per heavy atom. The van der Waals surface area contributed by atoms with Crippen molar-refractivity contribution in [3.8, 4) is 0 Å². The monoisotopic (exact) mass is 233 g/mol. The molecule has 1 N–H and O–H groups in total. The lowest BCUT2D eigenvalue weighted by Crippen LogP contribution is -2.09. The number of nitrogens with zero attached hydrogens (tertiary/aromatic N) is 2. The maximum absolute atomic E-state index is 5.52. The maximum Gasteiger partial charge on any atom is 0.129 e. The Balaban J connectivity index is 2.25. The lowest BCUT2D eigenvalue weighted by atomic mass is 10.2. The number of hydrogen-bond acceptors (Lipinski definition) is 3. The topological polar surface area (TPSA) is 43.0 Å². The third kappa shape index (κ3) is 2.26. The van der Waals surface area contributed by atoms with Crippen LogP contribution in [0.5, 0.6) is 0 Å². The summed E-state index contributed by atoms with van der Waals surface area (Å²) in [5.74, 6) is 0.977. The van der Waals surface area contributed by atoms with E-state index in [0.29, 0.717) is 6.54 Å². The van der Waals surface area contributed by atoms with E-state index in [0.717, 1.165) is 18.0 Å². The molecule has 0 saturated carbocycles. The van der Waals surface area contributed by atoms with Gasteiger partial charge in [0, 0.05) is 17.8 Å². The van der Waals surface area contributed by atoms with Gasteiger partial charge in [0.15, 0.2) is 0 Å². The highest BCUT2D eigenvalue weighted by atomic mass is 16.3. The van der Waals surface area contributed by atoms with E-state index in [1.54, 1.807) is 6.26 Å². The van der Waals surface area contributed by atoms with Gasteiger partial charge >= 0.3 is 0 Å². The molecule has 0 saturated heterocycles. The predicted octanol–water partition coefficient (Wildman–Crippen LogP) is 2.17. The normalized spacial score (nSPS) is 11.1. The maximum atomic E-state index is 5.52. The quantitative estimate of drug-likeness (QED) is 0.880. The number of nitrogens with one attached hydrogen (secondary N) is 1. The summed E-state index contributed by atoms with van der Waals surface area (Å²) >= 11 is 0. The van der Waals surface area contributed by atoms with E-state index >= 15 is 0 Å². The lowest BCUT2D eigenvalue weighted by molar-refractivity contribution is 0.469. The molecule has 17 heavy (non-hydrogen) atoms. The third-order valence-electron chi connectivity index (χ3n) is 3.24. The minimum atomic E-state index is 0.699. The average molecular weight is 233 g/mol. The van der Waals surface area contributed by atoms with Crippen LogP contribution in [0.4, 0.5) is 0 Å². The fraction of sp³-hybridized carbons (Fsp3) is 0.462. The number of hydrogen-bond donors (Lipinski definition) is 1. The van der Waals surface area contributed by atoms with Crippen LogP contribution in [0.15, 0.2) is 16.7 Å². The van der Waals surface area contributed by atoms with Crippen LogP contribution >= 0.6 is 0 Å². The largest absolute Gasteiger partial charge is 0.467 e. The zero-order valence-electron chi connectivity index (χ0n) is 10.9. The SMILES string of the molecule is CNCc1ccoc1Cn1nc(C)c(C)c1C. The van der Waals surface area contributed by atoms with Crippen molar-refractivity contribution in [3.05, 3.63) is 40.6 Å². The molecule has 0 unspecified atom stereocenters. The molecule has 0 amide bonds. The van der Waals surface area contributed by atoms with Gasteiger partial charge in [-0.25, -0.2) is 0 Å². The van der Waals surface area contributed by atoms with Gasteiger partial charge in [-0.1, -0.05) is 0 Å². The molecule has 0 aromatic carbocycles. The molecule has 2 aromatic heterocycles. The van der Waals surface area contributed by atoms with Gasteiger partial charge in [0.25, 0.3) is 0 Å². The number of furan rings is 1. The van der Waals surface area contributed by atoms with Gasteiger partial charge in [-0.3, -0.25) is 4.68 Å². The Morgan fingerprint density at radius 1 is 1.35 bits per heavy atom. The minimum Gasteiger partial charge on any atom is -0.467 e. The van der Waals surface area contributed by atoms with Crippen molar-refractivity contribution in [2.24, 2.45) is 0 Å². The van der Waals surface area contributed by atoms with Gasteiger partial charge in [0.1, 0.15) is 5.76 Å². The van der Waals surface area contributed by atoms with Crippen LogP contribution in [-0.2, 0) is 13.1 Å². The molecule has 0 radical (unpaired) electrons. The predicted molar refractivity (Wildman–Crippen MR) is 67.0 cm³/mol. The number of aryl methyl sites for hydroxylation is 1. The third-order valence-corrected chi connectivity index (χ3v) is 3.24. The van der Waals surface area contributed by atoms with Gasteiger partial charge in [-0.2, -0.15) is 5.10 Å². The second kappa shape index (κ2) is 4.75. The summed E-state index contributed by atoms with van der Waals surface area (Å²) in [5.41, 5.74) is 4.74. The van der Waals surface area contributed by atoms with Crippen molar-refractivity contribution in [1.29, 1.82) is 0 Å². The Morgan fingerprint density at radius 3 is 2.71 bits per heavy atom. The Labute approximate surface area is 102 Å². The molecule has 0 aliphatic rings. The van der Waals surface area contributed by atoms with E-state index < -0.39 is 0 Å². The van der Waals surface area contributed by atoms with Crippen molar-refractivity contribution < 1.29 is 4.42 Å². The van der Waals surface area contributed by atoms with Gasteiger partial charge in [-0.15, -0.1) is 0 Å². The summed E-state index contributed by atoms with van der Waals surface area (Å²) in [5, 5.41) is 7.66. The molecule has 92 valence electrons. The fourth-order valence-corrected chi connectivity index (χ4v) is 1.93. The summed E-state index contributed by atoms with van der Waals surface area (Å²) in [6, 6.07) is 2.00. The van der Waals surface area contributed by atoms with Gasteiger partial charge in [-0.05, 0) is 39.4 Å². The standard InChI is InChI=1S/C13H19N3O/c1-9-10(2)15-16(11(9)3)8-13-12(7-14-4)5-6-17-13/h5-6,14H,7-8H2,1-4H3. The highest BCUT2D eigenvalue weighted by Crippen LogP contribution is 2.16. The van der Waals surface area contributed by atoms with Crippen LogP contribution in [-0.4, -0.2) is 16.8 Å². The molecule has 4 nitrogen and oxygen atoms in total. The average Bonchev–Trinajstić information content (AvgIpc) is 2.82. The van der Waals surface area contributed by atoms with Crippen molar-refractivity contribution >= 4 is 0 Å².